The highest BCUT2D eigenvalue weighted by molar-refractivity contribution is 6.08. The number of alkyl halides is 3. The summed E-state index contributed by atoms with van der Waals surface area (Å²) in [5.74, 6) is -4.50. The molecule has 1 fully saturated rings. The molecule has 4 amide bonds. The first kappa shape index (κ1) is 23.9. The van der Waals surface area contributed by atoms with E-state index in [0.717, 1.165) is 18.2 Å². The number of nitrogens with zero attached hydrogens (tertiary/aromatic N) is 2. The van der Waals surface area contributed by atoms with Gasteiger partial charge >= 0.3 is 12.2 Å². The van der Waals surface area contributed by atoms with Gasteiger partial charge in [-0.2, -0.15) is 18.3 Å². The van der Waals surface area contributed by atoms with E-state index in [-0.39, 0.29) is 11.3 Å². The fourth-order valence-corrected chi connectivity index (χ4v) is 3.84. The number of nitrogens with one attached hydrogen (secondary N) is 3. The van der Waals surface area contributed by atoms with Crippen molar-refractivity contribution >= 4 is 17.8 Å². The zero-order valence-electron chi connectivity index (χ0n) is 17.8. The van der Waals surface area contributed by atoms with E-state index < -0.39 is 64.4 Å². The molecule has 0 saturated carbocycles. The summed E-state index contributed by atoms with van der Waals surface area (Å²) < 4.78 is 68.7. The van der Waals surface area contributed by atoms with E-state index in [1.807, 2.05) is 0 Å². The number of carbonyl (C=O) groups is 3. The van der Waals surface area contributed by atoms with Gasteiger partial charge in [0.05, 0.1) is 23.4 Å². The number of aromatic nitrogens is 2. The van der Waals surface area contributed by atoms with Crippen LogP contribution in [0.15, 0.2) is 48.7 Å². The summed E-state index contributed by atoms with van der Waals surface area (Å²) in [6.07, 6.45) is -3.28. The van der Waals surface area contributed by atoms with Crippen LogP contribution in [-0.4, -0.2) is 34.2 Å². The molecule has 35 heavy (non-hydrogen) atoms. The number of amides is 4. The molecule has 1 aromatic heterocycles. The number of rotatable bonds is 5. The molecule has 0 spiro atoms. The second kappa shape index (κ2) is 8.49. The van der Waals surface area contributed by atoms with Crippen LogP contribution in [-0.2, 0) is 23.6 Å². The molecule has 0 radical (unpaired) electrons. The van der Waals surface area contributed by atoms with Gasteiger partial charge in [-0.15, -0.1) is 0 Å². The van der Waals surface area contributed by atoms with Crippen LogP contribution in [0.1, 0.15) is 21.6 Å². The van der Waals surface area contributed by atoms with Gasteiger partial charge in [-0.25, -0.2) is 13.6 Å². The normalized spacial score (nSPS) is 17.8. The maximum atomic E-state index is 14.7. The highest BCUT2D eigenvalue weighted by Gasteiger charge is 2.50. The van der Waals surface area contributed by atoms with Gasteiger partial charge in [-0.1, -0.05) is 12.1 Å². The van der Waals surface area contributed by atoms with Gasteiger partial charge in [-0.05, 0) is 35.9 Å². The molecule has 1 saturated heterocycles. The molecule has 0 aliphatic carbocycles. The molecule has 1 aliphatic rings. The summed E-state index contributed by atoms with van der Waals surface area (Å²) in [5, 5.41) is 10.9. The Labute approximate surface area is 194 Å². The van der Waals surface area contributed by atoms with Gasteiger partial charge in [0.15, 0.2) is 17.2 Å². The summed E-state index contributed by atoms with van der Waals surface area (Å²) in [5.41, 5.74) is -3.65. The van der Waals surface area contributed by atoms with E-state index in [0.29, 0.717) is 18.2 Å². The van der Waals surface area contributed by atoms with E-state index in [1.54, 1.807) is 0 Å². The molecule has 2 aromatic carbocycles. The first-order valence-corrected chi connectivity index (χ1v) is 10.00. The number of hydrogen-bond acceptors (Lipinski definition) is 4. The quantitative estimate of drug-likeness (QED) is 0.376. The number of imide groups is 1. The second-order valence-corrected chi connectivity index (χ2v) is 7.70. The lowest BCUT2D eigenvalue weighted by Crippen LogP contribution is -2.53. The highest BCUT2D eigenvalue weighted by atomic mass is 19.4. The number of benzene rings is 2. The molecule has 8 nitrogen and oxygen atoms in total. The van der Waals surface area contributed by atoms with Crippen molar-refractivity contribution in [2.45, 2.75) is 11.7 Å². The van der Waals surface area contributed by atoms with Crippen molar-refractivity contribution in [2.75, 3.05) is 6.54 Å². The number of halogens is 5. The first-order chi connectivity index (χ1) is 16.4. The van der Waals surface area contributed by atoms with Crippen LogP contribution in [0.25, 0.3) is 11.1 Å². The number of carbonyl (C=O) groups excluding carboxylic acids is 3. The van der Waals surface area contributed by atoms with E-state index in [2.05, 4.69) is 21.0 Å². The van der Waals surface area contributed by atoms with Gasteiger partial charge in [-0.3, -0.25) is 19.6 Å². The predicted octanol–water partition coefficient (Wildman–Crippen LogP) is 2.85. The Kier molecular flexibility index (Phi) is 5.79. The van der Waals surface area contributed by atoms with Crippen molar-refractivity contribution in [3.63, 3.8) is 0 Å². The number of aryl methyl sites for hydroxylation is 1. The van der Waals surface area contributed by atoms with Crippen molar-refractivity contribution < 1.29 is 36.3 Å². The second-order valence-electron chi connectivity index (χ2n) is 7.70. The van der Waals surface area contributed by atoms with Crippen LogP contribution in [0, 0.1) is 11.6 Å². The summed E-state index contributed by atoms with van der Waals surface area (Å²) in [6.45, 7) is -0.492. The summed E-state index contributed by atoms with van der Waals surface area (Å²) in [7, 11) is 1.51. The van der Waals surface area contributed by atoms with Crippen molar-refractivity contribution in [2.24, 2.45) is 7.05 Å². The van der Waals surface area contributed by atoms with Crippen LogP contribution in [0.5, 0.6) is 0 Å². The number of hydrogen-bond donors (Lipinski definition) is 3. The lowest BCUT2D eigenvalue weighted by Gasteiger charge is -2.26. The molecule has 1 atom stereocenters. The zero-order valence-corrected chi connectivity index (χ0v) is 17.8. The molecular weight excluding hydrogens is 477 g/mol. The smallest absolute Gasteiger partial charge is 0.349 e. The maximum Gasteiger partial charge on any atom is 0.416 e. The van der Waals surface area contributed by atoms with Gasteiger partial charge < -0.3 is 10.6 Å². The molecular formula is C22H16F5N5O3. The largest absolute Gasteiger partial charge is 0.416 e. The summed E-state index contributed by atoms with van der Waals surface area (Å²) >= 11 is 0. The van der Waals surface area contributed by atoms with Crippen molar-refractivity contribution in [3.05, 3.63) is 77.1 Å². The van der Waals surface area contributed by atoms with Crippen molar-refractivity contribution in [1.82, 2.24) is 25.7 Å². The van der Waals surface area contributed by atoms with Crippen LogP contribution >= 0.6 is 0 Å². The minimum Gasteiger partial charge on any atom is -0.349 e. The molecule has 4 rings (SSSR count). The summed E-state index contributed by atoms with van der Waals surface area (Å²) in [6, 6.07) is 5.47. The van der Waals surface area contributed by atoms with E-state index >= 15 is 0 Å². The molecule has 0 unspecified atom stereocenters. The van der Waals surface area contributed by atoms with Gasteiger partial charge in [0.25, 0.3) is 11.8 Å². The maximum absolute atomic E-state index is 14.7. The van der Waals surface area contributed by atoms with Gasteiger partial charge in [0.2, 0.25) is 0 Å². The predicted molar refractivity (Wildman–Crippen MR) is 111 cm³/mol. The molecule has 3 aromatic rings. The molecule has 1 aliphatic heterocycles. The minimum absolute atomic E-state index is 0.173. The van der Waals surface area contributed by atoms with E-state index in [4.69, 9.17) is 0 Å². The first-order valence-electron chi connectivity index (χ1n) is 10.00. The van der Waals surface area contributed by atoms with Gasteiger partial charge in [0, 0.05) is 18.8 Å². The zero-order chi connectivity index (χ0) is 25.5. The lowest BCUT2D eigenvalue weighted by atomic mass is 9.94. The minimum atomic E-state index is -4.65. The average Bonchev–Trinajstić information content (AvgIpc) is 3.35. The van der Waals surface area contributed by atoms with Crippen molar-refractivity contribution in [1.29, 1.82) is 0 Å². The third-order valence-electron chi connectivity index (χ3n) is 5.55. The van der Waals surface area contributed by atoms with Crippen LogP contribution in [0.3, 0.4) is 0 Å². The third-order valence-corrected chi connectivity index (χ3v) is 5.55. The molecule has 0 bridgehead atoms. The fourth-order valence-electron chi connectivity index (χ4n) is 3.84. The van der Waals surface area contributed by atoms with Gasteiger partial charge in [0.1, 0.15) is 0 Å². The topological polar surface area (TPSA) is 105 Å². The Hall–Kier alpha value is -4.29. The van der Waals surface area contributed by atoms with Crippen LogP contribution in [0.2, 0.25) is 0 Å². The molecule has 2 heterocycles. The highest BCUT2D eigenvalue weighted by Crippen LogP contribution is 2.34. The average molecular weight is 493 g/mol. The Balaban J connectivity index is 1.69. The Morgan fingerprint density at radius 2 is 1.77 bits per heavy atom. The third kappa shape index (κ3) is 4.20. The standard InChI is InChI=1S/C22H16F5N5O3/c1-32-15(8-9-29-32)21(19(34)30-20(35)31-21)10-28-18(33)13-6-7-14(23)17(24)16(13)11-2-4-12(5-3-11)22(25,26)27/h2-9H,10H2,1H3,(H,28,33)(H2,30,31,34,35)/t21-/m0/s1. The molecule has 3 N–H and O–H groups in total. The SMILES string of the molecule is Cn1nccc1[C@]1(CNC(=O)c2ccc(F)c(F)c2-c2ccc(C(F)(F)F)cc2)NC(=O)NC1=O. The Morgan fingerprint density at radius 3 is 2.31 bits per heavy atom. The van der Waals surface area contributed by atoms with Crippen LogP contribution < -0.4 is 16.0 Å². The van der Waals surface area contributed by atoms with Crippen LogP contribution in [0.4, 0.5) is 26.7 Å². The van der Waals surface area contributed by atoms with Crippen molar-refractivity contribution in [3.8, 4) is 11.1 Å². The van der Waals surface area contributed by atoms with E-state index in [9.17, 15) is 36.3 Å². The number of urea groups is 1. The lowest BCUT2D eigenvalue weighted by molar-refractivity contribution is -0.137. The molecule has 13 heteroatoms. The fraction of sp³-hybridized carbons (Fsp3) is 0.182. The monoisotopic (exact) mass is 493 g/mol. The van der Waals surface area contributed by atoms with E-state index in [1.165, 1.54) is 24.0 Å². The Morgan fingerprint density at radius 1 is 1.09 bits per heavy atom. The Bertz CT molecular complexity index is 1340. The molecule has 182 valence electrons. The summed E-state index contributed by atoms with van der Waals surface area (Å²) in [4.78, 5) is 37.5.